The normalized spacial score (nSPS) is 12.9. The number of aryl methyl sites for hydroxylation is 1. The first-order valence-electron chi connectivity index (χ1n) is 12.9. The second-order valence-corrected chi connectivity index (χ2v) is 11.0. The van der Waals surface area contributed by atoms with Gasteiger partial charge in [0.25, 0.3) is 0 Å². The Morgan fingerprint density at radius 2 is 1.44 bits per heavy atom. The van der Waals surface area contributed by atoms with Gasteiger partial charge in [0.15, 0.2) is 0 Å². The number of anilines is 1. The van der Waals surface area contributed by atoms with Gasteiger partial charge in [0, 0.05) is 22.2 Å². The van der Waals surface area contributed by atoms with E-state index < -0.39 is 16.0 Å². The van der Waals surface area contributed by atoms with E-state index in [2.05, 4.69) is 12.2 Å². The van der Waals surface area contributed by atoms with Crippen molar-refractivity contribution in [3.8, 4) is 5.75 Å². The number of hydrogen-bond acceptors (Lipinski definition) is 3. The molecule has 2 unspecified atom stereocenters. The Balaban J connectivity index is 1.94. The minimum absolute atomic E-state index is 0.250. The molecular formula is C29H43NO3S. The number of hydrogen-bond donors (Lipinski definition) is 2. The van der Waals surface area contributed by atoms with E-state index in [4.69, 9.17) is 0 Å². The summed E-state index contributed by atoms with van der Waals surface area (Å²) in [7, 11) is -1.31. The number of benzene rings is 2. The number of aromatic hydroxyl groups is 1. The third-order valence-corrected chi connectivity index (χ3v) is 8.32. The van der Waals surface area contributed by atoms with Crippen molar-refractivity contribution >= 4 is 22.4 Å². The molecular weight excluding hydrogens is 442 g/mol. The van der Waals surface area contributed by atoms with Crippen LogP contribution in [-0.2, 0) is 15.6 Å². The molecule has 2 rings (SSSR count). The predicted octanol–water partition coefficient (Wildman–Crippen LogP) is 7.67. The van der Waals surface area contributed by atoms with Gasteiger partial charge in [-0.15, -0.1) is 0 Å². The highest BCUT2D eigenvalue weighted by Crippen LogP contribution is 2.32. The molecule has 0 aliphatic rings. The van der Waals surface area contributed by atoms with Gasteiger partial charge in [0.1, 0.15) is 11.0 Å². The Hall–Kier alpha value is -2.14. The number of carbonyl (C=O) groups excluding carboxylic acids is 1. The third-order valence-electron chi connectivity index (χ3n) is 6.62. The quantitative estimate of drug-likeness (QED) is 0.201. The van der Waals surface area contributed by atoms with Crippen LogP contribution in [0.25, 0.3) is 0 Å². The van der Waals surface area contributed by atoms with Crippen LogP contribution in [0.15, 0.2) is 36.4 Å². The van der Waals surface area contributed by atoms with Crippen LogP contribution in [0.3, 0.4) is 0 Å². The number of unbranched alkanes of at least 4 members (excludes halogenated alkanes) is 9. The Morgan fingerprint density at radius 3 is 2.03 bits per heavy atom. The van der Waals surface area contributed by atoms with Crippen molar-refractivity contribution in [2.24, 2.45) is 0 Å². The van der Waals surface area contributed by atoms with Crippen molar-refractivity contribution in [1.29, 1.82) is 0 Å². The lowest BCUT2D eigenvalue weighted by atomic mass is 10.0. The van der Waals surface area contributed by atoms with Crippen molar-refractivity contribution in [2.45, 2.75) is 97.2 Å². The van der Waals surface area contributed by atoms with E-state index in [1.165, 1.54) is 51.4 Å². The number of carbonyl (C=O) groups is 1. The van der Waals surface area contributed by atoms with Gasteiger partial charge in [-0.25, -0.2) is 0 Å². The number of phenols is 1. The molecule has 2 aromatic rings. The minimum Gasteiger partial charge on any atom is -0.507 e. The van der Waals surface area contributed by atoms with Gasteiger partial charge < -0.3 is 10.4 Å². The first-order valence-corrected chi connectivity index (χ1v) is 14.3. The summed E-state index contributed by atoms with van der Waals surface area (Å²) in [6.45, 7) is 7.77. The summed E-state index contributed by atoms with van der Waals surface area (Å²) in [4.78, 5) is 13.3. The molecule has 0 spiro atoms. The largest absolute Gasteiger partial charge is 0.507 e. The fraction of sp³-hybridized carbons (Fsp3) is 0.552. The second-order valence-electron chi connectivity index (χ2n) is 9.39. The fourth-order valence-corrected chi connectivity index (χ4v) is 5.78. The first kappa shape index (κ1) is 28.1. The van der Waals surface area contributed by atoms with E-state index in [9.17, 15) is 14.1 Å². The number of phenolic OH excluding ortho intramolecular Hbond substituents is 1. The summed E-state index contributed by atoms with van der Waals surface area (Å²) in [5.41, 5.74) is 3.72. The Bertz CT molecular complexity index is 927. The summed E-state index contributed by atoms with van der Waals surface area (Å²) in [6.07, 6.45) is 12.2. The number of rotatable bonds is 15. The predicted molar refractivity (Wildman–Crippen MR) is 145 cm³/mol. The zero-order valence-corrected chi connectivity index (χ0v) is 22.3. The highest BCUT2D eigenvalue weighted by atomic mass is 32.2. The van der Waals surface area contributed by atoms with E-state index >= 15 is 0 Å². The Labute approximate surface area is 209 Å². The van der Waals surface area contributed by atoms with Gasteiger partial charge in [-0.3, -0.25) is 9.00 Å². The maximum absolute atomic E-state index is 13.3. The molecule has 0 aliphatic heterocycles. The molecule has 0 aromatic heterocycles. The Morgan fingerprint density at radius 1 is 0.882 bits per heavy atom. The topological polar surface area (TPSA) is 66.4 Å². The molecule has 34 heavy (non-hydrogen) atoms. The lowest BCUT2D eigenvalue weighted by molar-refractivity contribution is -0.115. The smallest absolute Gasteiger partial charge is 0.244 e. The van der Waals surface area contributed by atoms with Crippen LogP contribution in [0.4, 0.5) is 5.69 Å². The van der Waals surface area contributed by atoms with E-state index in [1.54, 1.807) is 6.07 Å². The lowest BCUT2D eigenvalue weighted by Gasteiger charge is -2.19. The summed E-state index contributed by atoms with van der Waals surface area (Å²) in [6, 6.07) is 11.2. The molecule has 1 amide bonds. The third kappa shape index (κ3) is 8.57. The minimum atomic E-state index is -1.31. The van der Waals surface area contributed by atoms with Crippen molar-refractivity contribution in [3.63, 3.8) is 0 Å². The van der Waals surface area contributed by atoms with E-state index in [0.29, 0.717) is 17.0 Å². The highest BCUT2D eigenvalue weighted by Gasteiger charge is 2.27. The van der Waals surface area contributed by atoms with Crippen LogP contribution in [0.5, 0.6) is 5.75 Å². The van der Waals surface area contributed by atoms with E-state index in [1.807, 2.05) is 51.1 Å². The maximum atomic E-state index is 13.3. The van der Waals surface area contributed by atoms with E-state index in [0.717, 1.165) is 29.5 Å². The highest BCUT2D eigenvalue weighted by molar-refractivity contribution is 7.86. The van der Waals surface area contributed by atoms with Gasteiger partial charge in [0.2, 0.25) is 5.91 Å². The van der Waals surface area contributed by atoms with Crippen molar-refractivity contribution in [3.05, 3.63) is 58.7 Å². The van der Waals surface area contributed by atoms with Gasteiger partial charge in [-0.2, -0.15) is 0 Å². The Kier molecular flexibility index (Phi) is 12.4. The second kappa shape index (κ2) is 15.0. The van der Waals surface area contributed by atoms with Gasteiger partial charge >= 0.3 is 0 Å². The van der Waals surface area contributed by atoms with Crippen molar-refractivity contribution < 1.29 is 14.1 Å². The molecule has 0 bridgehead atoms. The average molecular weight is 486 g/mol. The molecule has 0 fully saturated rings. The summed E-state index contributed by atoms with van der Waals surface area (Å²) >= 11 is 0. The van der Waals surface area contributed by atoms with Gasteiger partial charge in [0.05, 0.1) is 0 Å². The van der Waals surface area contributed by atoms with Crippen molar-refractivity contribution in [2.75, 3.05) is 11.1 Å². The lowest BCUT2D eigenvalue weighted by Crippen LogP contribution is -2.26. The SMILES string of the molecule is CCCCCCCCCCCCS(=O)C(C(=O)Nc1cc(C)c(O)c(C)c1C)c1ccccc1. The van der Waals surface area contributed by atoms with Crippen LogP contribution in [-0.4, -0.2) is 21.0 Å². The molecule has 188 valence electrons. The molecule has 0 radical (unpaired) electrons. The van der Waals surface area contributed by atoms with Crippen molar-refractivity contribution in [1.82, 2.24) is 0 Å². The summed E-state index contributed by atoms with van der Waals surface area (Å²) in [5, 5.41) is 12.5. The number of amides is 1. The number of nitrogens with one attached hydrogen (secondary N) is 1. The standard InChI is InChI=1S/C29H43NO3S/c1-5-6-7-8-9-10-11-12-13-17-20-34(33)28(25-18-15-14-16-19-25)29(32)30-26-21-22(2)27(31)24(4)23(26)3/h14-16,18-19,21,28,31H,5-13,17,20H2,1-4H3,(H,30,32). The van der Waals surface area contributed by atoms with Crippen LogP contribution in [0.1, 0.15) is 98.6 Å². The molecule has 2 aromatic carbocycles. The van der Waals surface area contributed by atoms with Gasteiger partial charge in [-0.05, 0) is 55.5 Å². The first-order chi connectivity index (χ1) is 16.4. The van der Waals surface area contributed by atoms with Crippen LogP contribution in [0.2, 0.25) is 0 Å². The monoisotopic (exact) mass is 485 g/mol. The fourth-order valence-electron chi connectivity index (χ4n) is 4.30. The molecule has 5 heteroatoms. The summed E-state index contributed by atoms with van der Waals surface area (Å²) < 4.78 is 13.3. The molecule has 2 N–H and O–H groups in total. The molecule has 0 saturated heterocycles. The zero-order chi connectivity index (χ0) is 24.9. The molecule has 4 nitrogen and oxygen atoms in total. The molecule has 0 aliphatic carbocycles. The van der Waals surface area contributed by atoms with Crippen LogP contribution >= 0.6 is 0 Å². The zero-order valence-electron chi connectivity index (χ0n) is 21.5. The van der Waals surface area contributed by atoms with Crippen LogP contribution < -0.4 is 5.32 Å². The molecule has 0 heterocycles. The van der Waals surface area contributed by atoms with Gasteiger partial charge in [-0.1, -0.05) is 95.0 Å². The van der Waals surface area contributed by atoms with Crippen LogP contribution in [0, 0.1) is 20.8 Å². The van der Waals surface area contributed by atoms with E-state index in [-0.39, 0.29) is 11.7 Å². The average Bonchev–Trinajstić information content (AvgIpc) is 2.83. The maximum Gasteiger partial charge on any atom is 0.244 e. The molecule has 0 saturated carbocycles. The summed E-state index contributed by atoms with van der Waals surface area (Å²) in [5.74, 6) is 0.514. The molecule has 2 atom stereocenters.